The summed E-state index contributed by atoms with van der Waals surface area (Å²) in [5.41, 5.74) is 0.548. The third kappa shape index (κ3) is 5.58. The van der Waals surface area contributed by atoms with Gasteiger partial charge in [-0.15, -0.1) is 0 Å². The fraction of sp³-hybridized carbons (Fsp3) is 0.611. The molecular weight excluding hydrogens is 372 g/mol. The number of alkyl carbamates (subject to hydrolysis) is 1. The van der Waals surface area contributed by atoms with E-state index in [9.17, 15) is 4.79 Å². The van der Waals surface area contributed by atoms with Gasteiger partial charge in [-0.3, -0.25) is 0 Å². The fourth-order valence-electron chi connectivity index (χ4n) is 2.94. The molecular formula is C18H27BrN2O3. The second-order valence-electron chi connectivity index (χ2n) is 7.17. The van der Waals surface area contributed by atoms with Gasteiger partial charge in [0.25, 0.3) is 0 Å². The van der Waals surface area contributed by atoms with Crippen molar-refractivity contribution in [3.63, 3.8) is 0 Å². The highest BCUT2D eigenvalue weighted by Gasteiger charge is 2.28. The van der Waals surface area contributed by atoms with Crippen molar-refractivity contribution in [3.05, 3.63) is 22.7 Å². The normalized spacial score (nSPS) is 20.5. The van der Waals surface area contributed by atoms with E-state index in [0.717, 1.165) is 35.2 Å². The van der Waals surface area contributed by atoms with Crippen molar-refractivity contribution >= 4 is 27.7 Å². The van der Waals surface area contributed by atoms with E-state index in [2.05, 4.69) is 26.6 Å². The van der Waals surface area contributed by atoms with Gasteiger partial charge in [-0.05, 0) is 67.6 Å². The Labute approximate surface area is 152 Å². The summed E-state index contributed by atoms with van der Waals surface area (Å²) in [4.78, 5) is 11.8. The molecule has 0 aliphatic heterocycles. The predicted molar refractivity (Wildman–Crippen MR) is 99.7 cm³/mol. The molecule has 0 saturated heterocycles. The lowest BCUT2D eigenvalue weighted by atomic mass is 10.0. The highest BCUT2D eigenvalue weighted by Crippen LogP contribution is 2.33. The number of hydrogen-bond donors (Lipinski definition) is 2. The fourth-order valence-corrected chi connectivity index (χ4v) is 3.30. The smallest absolute Gasteiger partial charge is 0.407 e. The number of carbonyl (C=O) groups excluding carboxylic acids is 1. The molecule has 0 spiro atoms. The molecule has 5 nitrogen and oxygen atoms in total. The standard InChI is InChI=1S/C18H27BrN2O3/c1-18(2,3)24-17(22)20-11-12-6-5-7-15(12)21-16-10-13(23-4)8-9-14(16)19/h8-10,12,15,21H,5-7,11H2,1-4H3,(H,20,22). The summed E-state index contributed by atoms with van der Waals surface area (Å²) >= 11 is 3.57. The maximum absolute atomic E-state index is 11.8. The molecule has 1 fully saturated rings. The Bertz CT molecular complexity index is 572. The van der Waals surface area contributed by atoms with Gasteiger partial charge in [0.15, 0.2) is 0 Å². The number of hydrogen-bond acceptors (Lipinski definition) is 4. The van der Waals surface area contributed by atoms with E-state index in [-0.39, 0.29) is 6.09 Å². The predicted octanol–water partition coefficient (Wildman–Crippen LogP) is 4.56. The molecule has 1 aliphatic carbocycles. The van der Waals surface area contributed by atoms with E-state index in [4.69, 9.17) is 9.47 Å². The van der Waals surface area contributed by atoms with E-state index < -0.39 is 5.60 Å². The number of anilines is 1. The van der Waals surface area contributed by atoms with Crippen molar-refractivity contribution in [1.29, 1.82) is 0 Å². The number of carbonyl (C=O) groups is 1. The Kier molecular flexibility index (Phi) is 6.38. The van der Waals surface area contributed by atoms with Gasteiger partial charge in [-0.1, -0.05) is 6.42 Å². The summed E-state index contributed by atoms with van der Waals surface area (Å²) in [7, 11) is 1.66. The quantitative estimate of drug-likeness (QED) is 0.762. The highest BCUT2D eigenvalue weighted by molar-refractivity contribution is 9.10. The van der Waals surface area contributed by atoms with Crippen LogP contribution in [0.15, 0.2) is 22.7 Å². The minimum absolute atomic E-state index is 0.323. The second-order valence-corrected chi connectivity index (χ2v) is 8.02. The molecule has 0 heterocycles. The Hall–Kier alpha value is -1.43. The number of rotatable bonds is 5. The summed E-state index contributed by atoms with van der Waals surface area (Å²) in [6.07, 6.45) is 2.98. The van der Waals surface area contributed by atoms with Crippen LogP contribution in [0, 0.1) is 5.92 Å². The van der Waals surface area contributed by atoms with Crippen LogP contribution in [0.1, 0.15) is 40.0 Å². The van der Waals surface area contributed by atoms with Crippen molar-refractivity contribution in [3.8, 4) is 5.75 Å². The van der Waals surface area contributed by atoms with Gasteiger partial charge in [0.05, 0.1) is 12.8 Å². The van der Waals surface area contributed by atoms with Gasteiger partial charge < -0.3 is 20.1 Å². The van der Waals surface area contributed by atoms with Crippen LogP contribution in [-0.4, -0.2) is 31.4 Å². The topological polar surface area (TPSA) is 59.6 Å². The largest absolute Gasteiger partial charge is 0.497 e. The Morgan fingerprint density at radius 2 is 2.08 bits per heavy atom. The summed E-state index contributed by atoms with van der Waals surface area (Å²) in [5, 5.41) is 6.48. The zero-order chi connectivity index (χ0) is 17.7. The van der Waals surface area contributed by atoms with E-state index in [0.29, 0.717) is 18.5 Å². The van der Waals surface area contributed by atoms with E-state index in [1.54, 1.807) is 7.11 Å². The molecule has 2 unspecified atom stereocenters. The molecule has 1 aromatic rings. The number of nitrogens with one attached hydrogen (secondary N) is 2. The average Bonchev–Trinajstić information content (AvgIpc) is 2.93. The molecule has 0 bridgehead atoms. The number of halogens is 1. The lowest BCUT2D eigenvalue weighted by Crippen LogP contribution is -2.38. The van der Waals surface area contributed by atoms with Crippen LogP contribution in [0.3, 0.4) is 0 Å². The highest BCUT2D eigenvalue weighted by atomic mass is 79.9. The van der Waals surface area contributed by atoms with Gasteiger partial charge in [-0.2, -0.15) is 0 Å². The molecule has 2 atom stereocenters. The summed E-state index contributed by atoms with van der Waals surface area (Å²) in [6.45, 7) is 6.22. The molecule has 134 valence electrons. The van der Waals surface area contributed by atoms with Crippen molar-refractivity contribution in [2.45, 2.75) is 51.7 Å². The van der Waals surface area contributed by atoms with Crippen LogP contribution in [-0.2, 0) is 4.74 Å². The molecule has 0 radical (unpaired) electrons. The summed E-state index contributed by atoms with van der Waals surface area (Å²) in [6, 6.07) is 6.21. The third-order valence-electron chi connectivity index (χ3n) is 4.08. The molecule has 6 heteroatoms. The molecule has 0 aromatic heterocycles. The second kappa shape index (κ2) is 8.10. The van der Waals surface area contributed by atoms with Gasteiger partial charge in [0, 0.05) is 23.1 Å². The summed E-state index contributed by atoms with van der Waals surface area (Å²) < 4.78 is 11.6. The molecule has 1 amide bonds. The first-order valence-corrected chi connectivity index (χ1v) is 9.15. The van der Waals surface area contributed by atoms with Gasteiger partial charge in [0.2, 0.25) is 0 Å². The Morgan fingerprint density at radius 3 is 2.75 bits per heavy atom. The van der Waals surface area contributed by atoms with Gasteiger partial charge >= 0.3 is 6.09 Å². The molecule has 1 aromatic carbocycles. The van der Waals surface area contributed by atoms with E-state index in [1.165, 1.54) is 0 Å². The monoisotopic (exact) mass is 398 g/mol. The number of benzene rings is 1. The van der Waals surface area contributed by atoms with Crippen LogP contribution in [0.2, 0.25) is 0 Å². The molecule has 2 rings (SSSR count). The minimum atomic E-state index is -0.469. The van der Waals surface area contributed by atoms with Crippen molar-refractivity contribution in [2.24, 2.45) is 5.92 Å². The molecule has 1 aliphatic rings. The van der Waals surface area contributed by atoms with Crippen LogP contribution in [0.25, 0.3) is 0 Å². The van der Waals surface area contributed by atoms with Crippen LogP contribution in [0.5, 0.6) is 5.75 Å². The maximum atomic E-state index is 11.8. The minimum Gasteiger partial charge on any atom is -0.497 e. The zero-order valence-corrected chi connectivity index (χ0v) is 16.4. The summed E-state index contributed by atoms with van der Waals surface area (Å²) in [5.74, 6) is 1.21. The molecule has 24 heavy (non-hydrogen) atoms. The first-order valence-electron chi connectivity index (χ1n) is 8.35. The van der Waals surface area contributed by atoms with Crippen molar-refractivity contribution in [2.75, 3.05) is 19.0 Å². The van der Waals surface area contributed by atoms with Gasteiger partial charge in [0.1, 0.15) is 11.4 Å². The lowest BCUT2D eigenvalue weighted by Gasteiger charge is -2.25. The number of methoxy groups -OCH3 is 1. The Balaban J connectivity index is 1.92. The van der Waals surface area contributed by atoms with Crippen LogP contribution in [0.4, 0.5) is 10.5 Å². The van der Waals surface area contributed by atoms with Gasteiger partial charge in [-0.25, -0.2) is 4.79 Å². The molecule has 1 saturated carbocycles. The molecule has 2 N–H and O–H groups in total. The SMILES string of the molecule is COc1ccc(Br)c(NC2CCCC2CNC(=O)OC(C)(C)C)c1. The number of ether oxygens (including phenoxy) is 2. The zero-order valence-electron chi connectivity index (χ0n) is 14.8. The lowest BCUT2D eigenvalue weighted by molar-refractivity contribution is 0.0519. The maximum Gasteiger partial charge on any atom is 0.407 e. The number of amides is 1. The first-order chi connectivity index (χ1) is 11.3. The van der Waals surface area contributed by atoms with Crippen molar-refractivity contribution in [1.82, 2.24) is 5.32 Å². The first kappa shape index (κ1) is 18.9. The van der Waals surface area contributed by atoms with Crippen LogP contribution < -0.4 is 15.4 Å². The van der Waals surface area contributed by atoms with E-state index >= 15 is 0 Å². The third-order valence-corrected chi connectivity index (χ3v) is 4.77. The van der Waals surface area contributed by atoms with Crippen molar-refractivity contribution < 1.29 is 14.3 Å². The van der Waals surface area contributed by atoms with E-state index in [1.807, 2.05) is 39.0 Å². The Morgan fingerprint density at radius 1 is 1.33 bits per heavy atom. The average molecular weight is 399 g/mol. The van der Waals surface area contributed by atoms with Crippen LogP contribution >= 0.6 is 15.9 Å².